The van der Waals surface area contributed by atoms with Crippen molar-refractivity contribution in [2.24, 2.45) is 0 Å². The molecule has 0 heterocycles. The van der Waals surface area contributed by atoms with Crippen LogP contribution in [-0.4, -0.2) is 21.4 Å². The molecule has 9 heteroatoms. The molecular weight excluding hydrogens is 504 g/mol. The third kappa shape index (κ3) is 6.16. The van der Waals surface area contributed by atoms with Crippen LogP contribution in [0.1, 0.15) is 10.4 Å². The Labute approximate surface area is 213 Å². The Bertz CT molecular complexity index is 1440. The number of anilines is 2. The molecule has 4 aromatic rings. The van der Waals surface area contributed by atoms with E-state index in [1.165, 1.54) is 37.1 Å². The molecule has 4 rings (SSSR count). The Morgan fingerprint density at radius 1 is 0.857 bits per heavy atom. The molecular formula is C26H21ClN2O4S2. The fraction of sp³-hybridized carbons (Fsp3) is 0.0385. The van der Waals surface area contributed by atoms with Crippen molar-refractivity contribution in [3.05, 3.63) is 108 Å². The first-order valence-corrected chi connectivity index (χ1v) is 13.1. The predicted octanol–water partition coefficient (Wildman–Crippen LogP) is 6.55. The molecule has 2 N–H and O–H groups in total. The number of hydrogen-bond acceptors (Lipinski definition) is 5. The molecule has 0 aromatic heterocycles. The van der Waals surface area contributed by atoms with Gasteiger partial charge in [-0.05, 0) is 66.7 Å². The minimum Gasteiger partial charge on any atom is -0.495 e. The molecule has 0 fully saturated rings. The van der Waals surface area contributed by atoms with E-state index in [9.17, 15) is 13.2 Å². The van der Waals surface area contributed by atoms with Gasteiger partial charge in [-0.2, -0.15) is 0 Å². The largest absolute Gasteiger partial charge is 0.495 e. The van der Waals surface area contributed by atoms with Gasteiger partial charge >= 0.3 is 0 Å². The minimum atomic E-state index is -3.97. The molecule has 4 aromatic carbocycles. The van der Waals surface area contributed by atoms with Crippen molar-refractivity contribution < 1.29 is 17.9 Å². The van der Waals surface area contributed by atoms with E-state index in [1.807, 2.05) is 42.5 Å². The maximum absolute atomic E-state index is 13.3. The van der Waals surface area contributed by atoms with Crippen molar-refractivity contribution in [2.75, 3.05) is 17.1 Å². The van der Waals surface area contributed by atoms with Gasteiger partial charge in [0.1, 0.15) is 5.75 Å². The number of sulfonamides is 1. The summed E-state index contributed by atoms with van der Waals surface area (Å²) in [7, 11) is -2.53. The van der Waals surface area contributed by atoms with Crippen LogP contribution in [0, 0.1) is 0 Å². The molecule has 0 atom stereocenters. The molecule has 0 aliphatic heterocycles. The smallest absolute Gasteiger partial charge is 0.262 e. The van der Waals surface area contributed by atoms with Crippen LogP contribution in [0.2, 0.25) is 5.02 Å². The van der Waals surface area contributed by atoms with Gasteiger partial charge in [0.25, 0.3) is 15.9 Å². The number of carbonyl (C=O) groups is 1. The number of hydrogen-bond donors (Lipinski definition) is 2. The maximum atomic E-state index is 13.3. The van der Waals surface area contributed by atoms with E-state index in [0.29, 0.717) is 22.0 Å². The van der Waals surface area contributed by atoms with Crippen molar-refractivity contribution in [2.45, 2.75) is 14.7 Å². The van der Waals surface area contributed by atoms with Gasteiger partial charge in [-0.25, -0.2) is 8.42 Å². The summed E-state index contributed by atoms with van der Waals surface area (Å²) < 4.78 is 34.5. The molecule has 0 spiro atoms. The van der Waals surface area contributed by atoms with E-state index >= 15 is 0 Å². The van der Waals surface area contributed by atoms with Gasteiger partial charge in [0.15, 0.2) is 0 Å². The van der Waals surface area contributed by atoms with Crippen LogP contribution in [0.4, 0.5) is 11.4 Å². The first kappa shape index (κ1) is 24.7. The third-order valence-corrected chi connectivity index (χ3v) is 7.64. The van der Waals surface area contributed by atoms with Gasteiger partial charge in [-0.15, -0.1) is 0 Å². The molecule has 0 radical (unpaired) electrons. The van der Waals surface area contributed by atoms with Crippen molar-refractivity contribution in [1.29, 1.82) is 0 Å². The first-order valence-electron chi connectivity index (χ1n) is 10.5. The number of rotatable bonds is 8. The molecule has 0 unspecified atom stereocenters. The first-order chi connectivity index (χ1) is 16.9. The van der Waals surface area contributed by atoms with E-state index in [2.05, 4.69) is 10.0 Å². The highest BCUT2D eigenvalue weighted by Crippen LogP contribution is 2.35. The number of nitrogens with one attached hydrogen (secondary N) is 2. The molecule has 0 bridgehead atoms. The number of halogens is 1. The van der Waals surface area contributed by atoms with Crippen molar-refractivity contribution >= 4 is 50.7 Å². The Morgan fingerprint density at radius 3 is 2.26 bits per heavy atom. The van der Waals surface area contributed by atoms with Gasteiger partial charge in [0, 0.05) is 20.4 Å². The normalized spacial score (nSPS) is 11.0. The SMILES string of the molecule is COc1ccc(S(=O)(=O)Nc2ccccc2Sc2ccccc2)cc1NC(=O)c1ccc(Cl)cc1. The van der Waals surface area contributed by atoms with Gasteiger partial charge in [-0.3, -0.25) is 9.52 Å². The fourth-order valence-corrected chi connectivity index (χ4v) is 5.43. The highest BCUT2D eigenvalue weighted by Gasteiger charge is 2.20. The van der Waals surface area contributed by atoms with E-state index in [-0.39, 0.29) is 10.6 Å². The number of para-hydroxylation sites is 1. The van der Waals surface area contributed by atoms with E-state index in [1.54, 1.807) is 36.4 Å². The molecule has 178 valence electrons. The summed E-state index contributed by atoms with van der Waals surface area (Å²) in [6.45, 7) is 0. The standard InChI is InChI=1S/C26H21ClN2O4S2/c1-33-24-16-15-21(17-23(24)28-26(30)18-11-13-19(27)14-12-18)35(31,32)29-22-9-5-6-10-25(22)34-20-7-3-2-4-8-20/h2-17,29H,1H3,(H,28,30). The van der Waals surface area contributed by atoms with Crippen molar-refractivity contribution in [3.63, 3.8) is 0 Å². The predicted molar refractivity (Wildman–Crippen MR) is 140 cm³/mol. The second kappa shape index (κ2) is 10.9. The van der Waals surface area contributed by atoms with Gasteiger partial charge in [0.2, 0.25) is 0 Å². The summed E-state index contributed by atoms with van der Waals surface area (Å²) in [6.07, 6.45) is 0. The molecule has 0 saturated carbocycles. The highest BCUT2D eigenvalue weighted by molar-refractivity contribution is 7.99. The topological polar surface area (TPSA) is 84.5 Å². The minimum absolute atomic E-state index is 0.0239. The van der Waals surface area contributed by atoms with Crippen molar-refractivity contribution in [3.8, 4) is 5.75 Å². The lowest BCUT2D eigenvalue weighted by Crippen LogP contribution is -2.16. The monoisotopic (exact) mass is 524 g/mol. The molecule has 1 amide bonds. The maximum Gasteiger partial charge on any atom is 0.262 e. The lowest BCUT2D eigenvalue weighted by atomic mass is 10.2. The molecule has 6 nitrogen and oxygen atoms in total. The molecule has 0 aliphatic rings. The number of benzene rings is 4. The summed E-state index contributed by atoms with van der Waals surface area (Å²) in [5.74, 6) is -0.0987. The molecule has 35 heavy (non-hydrogen) atoms. The number of methoxy groups -OCH3 is 1. The summed E-state index contributed by atoms with van der Waals surface area (Å²) in [4.78, 5) is 14.4. The van der Waals surface area contributed by atoms with Gasteiger partial charge in [0.05, 0.1) is 23.4 Å². The zero-order valence-electron chi connectivity index (χ0n) is 18.6. The lowest BCUT2D eigenvalue weighted by molar-refractivity contribution is 0.102. The lowest BCUT2D eigenvalue weighted by Gasteiger charge is -2.15. The van der Waals surface area contributed by atoms with Gasteiger partial charge in [-0.1, -0.05) is 53.7 Å². The third-order valence-electron chi connectivity index (χ3n) is 4.94. The Balaban J connectivity index is 1.60. The number of carbonyl (C=O) groups excluding carboxylic acids is 1. The number of ether oxygens (including phenoxy) is 1. The van der Waals surface area contributed by atoms with Crippen LogP contribution in [0.25, 0.3) is 0 Å². The summed E-state index contributed by atoms with van der Waals surface area (Å²) in [6, 6.07) is 27.5. The summed E-state index contributed by atoms with van der Waals surface area (Å²) in [5, 5.41) is 3.22. The summed E-state index contributed by atoms with van der Waals surface area (Å²) >= 11 is 7.34. The van der Waals surface area contributed by atoms with Crippen LogP contribution in [0.5, 0.6) is 5.75 Å². The average molecular weight is 525 g/mol. The van der Waals surface area contributed by atoms with E-state index in [0.717, 1.165) is 9.79 Å². The summed E-state index contributed by atoms with van der Waals surface area (Å²) in [5.41, 5.74) is 1.04. The average Bonchev–Trinajstić information content (AvgIpc) is 2.86. The van der Waals surface area contributed by atoms with Gasteiger partial charge < -0.3 is 10.1 Å². The van der Waals surface area contributed by atoms with Crippen LogP contribution >= 0.6 is 23.4 Å². The second-order valence-corrected chi connectivity index (χ2v) is 10.6. The quantitative estimate of drug-likeness (QED) is 0.273. The Hall–Kier alpha value is -3.46. The Morgan fingerprint density at radius 2 is 1.54 bits per heavy atom. The fourth-order valence-electron chi connectivity index (χ4n) is 3.21. The second-order valence-electron chi connectivity index (χ2n) is 7.34. The molecule has 0 aliphatic carbocycles. The zero-order valence-corrected chi connectivity index (χ0v) is 21.0. The number of amides is 1. The Kier molecular flexibility index (Phi) is 7.65. The molecule has 0 saturated heterocycles. The van der Waals surface area contributed by atoms with Crippen LogP contribution in [-0.2, 0) is 10.0 Å². The van der Waals surface area contributed by atoms with Crippen LogP contribution in [0.3, 0.4) is 0 Å². The zero-order chi connectivity index (χ0) is 24.8. The van der Waals surface area contributed by atoms with Crippen molar-refractivity contribution in [1.82, 2.24) is 0 Å². The van der Waals surface area contributed by atoms with E-state index in [4.69, 9.17) is 16.3 Å². The van der Waals surface area contributed by atoms with Crippen LogP contribution in [0.15, 0.2) is 112 Å². The van der Waals surface area contributed by atoms with Crippen LogP contribution < -0.4 is 14.8 Å². The van der Waals surface area contributed by atoms with E-state index < -0.39 is 15.9 Å². The highest BCUT2D eigenvalue weighted by atomic mass is 35.5.